The number of aryl methyl sites for hydroxylation is 2. The van der Waals surface area contributed by atoms with Crippen LogP contribution < -0.4 is 11.5 Å². The zero-order valence-electron chi connectivity index (χ0n) is 8.04. The minimum Gasteiger partial charge on any atom is -0.464 e. The van der Waals surface area contributed by atoms with Crippen LogP contribution >= 0.6 is 12.4 Å². The molecule has 13 heavy (non-hydrogen) atoms. The molecule has 0 radical (unpaired) electrons. The Hall–Kier alpha value is -0.510. The smallest absolute Gasteiger partial charge is 0.121 e. The molecule has 1 aromatic rings. The highest BCUT2D eigenvalue weighted by Gasteiger charge is 2.10. The van der Waals surface area contributed by atoms with E-state index in [4.69, 9.17) is 15.9 Å². The van der Waals surface area contributed by atoms with Crippen LogP contribution in [0.1, 0.15) is 29.5 Å². The van der Waals surface area contributed by atoms with E-state index in [0.717, 1.165) is 23.5 Å². The maximum atomic E-state index is 5.81. The van der Waals surface area contributed by atoms with Crippen LogP contribution in [0.4, 0.5) is 0 Å². The largest absolute Gasteiger partial charge is 0.464 e. The van der Waals surface area contributed by atoms with Crippen molar-refractivity contribution in [1.82, 2.24) is 0 Å². The number of rotatable bonds is 3. The van der Waals surface area contributed by atoms with Crippen molar-refractivity contribution in [3.05, 3.63) is 23.2 Å². The van der Waals surface area contributed by atoms with Crippen LogP contribution in [0.15, 0.2) is 10.5 Å². The molecule has 1 rings (SSSR count). The van der Waals surface area contributed by atoms with Crippen LogP contribution in [0.2, 0.25) is 0 Å². The molecule has 0 saturated carbocycles. The molecule has 0 aliphatic carbocycles. The molecule has 4 N–H and O–H groups in total. The first kappa shape index (κ1) is 12.5. The molecule has 4 heteroatoms. The van der Waals surface area contributed by atoms with Crippen LogP contribution in [0.25, 0.3) is 0 Å². The summed E-state index contributed by atoms with van der Waals surface area (Å²) in [5.41, 5.74) is 12.4. The van der Waals surface area contributed by atoms with E-state index in [9.17, 15) is 0 Å². The number of hydrogen-bond acceptors (Lipinski definition) is 3. The lowest BCUT2D eigenvalue weighted by Gasteiger charge is -2.05. The van der Waals surface area contributed by atoms with Crippen LogP contribution in [0.5, 0.6) is 0 Å². The highest BCUT2D eigenvalue weighted by Crippen LogP contribution is 2.19. The third kappa shape index (κ3) is 3.03. The molecular weight excluding hydrogens is 188 g/mol. The summed E-state index contributed by atoms with van der Waals surface area (Å²) >= 11 is 0. The summed E-state index contributed by atoms with van der Waals surface area (Å²) in [7, 11) is 0. The molecule has 1 atom stereocenters. The van der Waals surface area contributed by atoms with E-state index >= 15 is 0 Å². The van der Waals surface area contributed by atoms with E-state index in [1.54, 1.807) is 0 Å². The Bertz CT molecular complexity index is 241. The van der Waals surface area contributed by atoms with Crippen molar-refractivity contribution in [3.63, 3.8) is 0 Å². The molecule has 3 nitrogen and oxygen atoms in total. The first-order valence-electron chi connectivity index (χ1n) is 4.17. The van der Waals surface area contributed by atoms with Crippen molar-refractivity contribution >= 4 is 12.4 Å². The summed E-state index contributed by atoms with van der Waals surface area (Å²) in [6.45, 7) is 4.55. The summed E-state index contributed by atoms with van der Waals surface area (Å²) in [6.07, 6.45) is 0.770. The predicted molar refractivity (Wildman–Crippen MR) is 56.0 cm³/mol. The highest BCUT2D eigenvalue weighted by atomic mass is 35.5. The lowest BCUT2D eigenvalue weighted by Crippen LogP contribution is -2.14. The van der Waals surface area contributed by atoms with E-state index in [1.807, 2.05) is 19.9 Å². The third-order valence-corrected chi connectivity index (χ3v) is 2.03. The molecule has 0 saturated heterocycles. The van der Waals surface area contributed by atoms with Crippen molar-refractivity contribution in [3.8, 4) is 0 Å². The van der Waals surface area contributed by atoms with Gasteiger partial charge in [-0.1, -0.05) is 0 Å². The Labute approximate surface area is 84.9 Å². The Morgan fingerprint density at radius 1 is 1.46 bits per heavy atom. The lowest BCUT2D eigenvalue weighted by molar-refractivity contribution is 0.436. The summed E-state index contributed by atoms with van der Waals surface area (Å²) in [5, 5.41) is 0. The predicted octanol–water partition coefficient (Wildman–Crippen LogP) is 1.67. The maximum absolute atomic E-state index is 5.81. The molecule has 0 aromatic carbocycles. The molecule has 76 valence electrons. The van der Waals surface area contributed by atoms with E-state index in [-0.39, 0.29) is 18.4 Å². The molecule has 0 unspecified atom stereocenters. The minimum absolute atomic E-state index is 0. The standard InChI is InChI=1S/C9H16N2O.ClH/c1-6-5-9(12-7(6)2)8(11)3-4-10;/h5,8H,3-4,10-11H2,1-2H3;1H/t8-;/m0./s1. The second kappa shape index (κ2) is 5.27. The molecule has 0 spiro atoms. The molecular formula is C9H17ClN2O. The zero-order valence-corrected chi connectivity index (χ0v) is 8.86. The van der Waals surface area contributed by atoms with Gasteiger partial charge in [-0.15, -0.1) is 12.4 Å². The number of hydrogen-bond donors (Lipinski definition) is 2. The van der Waals surface area contributed by atoms with Crippen LogP contribution in [0.3, 0.4) is 0 Å². The summed E-state index contributed by atoms with van der Waals surface area (Å²) < 4.78 is 5.45. The molecule has 0 fully saturated rings. The number of furan rings is 1. The van der Waals surface area contributed by atoms with Gasteiger partial charge >= 0.3 is 0 Å². The Kier molecular flexibility index (Phi) is 5.06. The van der Waals surface area contributed by atoms with Gasteiger partial charge in [-0.05, 0) is 38.4 Å². The topological polar surface area (TPSA) is 65.2 Å². The van der Waals surface area contributed by atoms with Crippen LogP contribution in [-0.2, 0) is 0 Å². The van der Waals surface area contributed by atoms with Gasteiger partial charge < -0.3 is 15.9 Å². The quantitative estimate of drug-likeness (QED) is 0.787. The Morgan fingerprint density at radius 2 is 2.08 bits per heavy atom. The second-order valence-corrected chi connectivity index (χ2v) is 3.07. The summed E-state index contributed by atoms with van der Waals surface area (Å²) in [6, 6.07) is 1.93. The van der Waals surface area contributed by atoms with Crippen molar-refractivity contribution in [1.29, 1.82) is 0 Å². The second-order valence-electron chi connectivity index (χ2n) is 3.07. The zero-order chi connectivity index (χ0) is 9.14. The van der Waals surface area contributed by atoms with E-state index in [2.05, 4.69) is 0 Å². The first-order valence-corrected chi connectivity index (χ1v) is 4.17. The van der Waals surface area contributed by atoms with Crippen molar-refractivity contribution in [2.24, 2.45) is 11.5 Å². The van der Waals surface area contributed by atoms with Crippen molar-refractivity contribution in [2.45, 2.75) is 26.3 Å². The van der Waals surface area contributed by atoms with Gasteiger partial charge in [0.15, 0.2) is 0 Å². The van der Waals surface area contributed by atoms with Gasteiger partial charge in [-0.2, -0.15) is 0 Å². The van der Waals surface area contributed by atoms with Gasteiger partial charge in [0, 0.05) is 0 Å². The van der Waals surface area contributed by atoms with Gasteiger partial charge in [-0.3, -0.25) is 0 Å². The summed E-state index contributed by atoms with van der Waals surface area (Å²) in [5.74, 6) is 1.79. The third-order valence-electron chi connectivity index (χ3n) is 2.03. The number of halogens is 1. The minimum atomic E-state index is -0.0533. The molecule has 0 bridgehead atoms. The normalized spacial score (nSPS) is 12.3. The number of nitrogens with two attached hydrogens (primary N) is 2. The molecule has 0 amide bonds. The molecule has 1 heterocycles. The van der Waals surface area contributed by atoms with Gasteiger partial charge in [0.25, 0.3) is 0 Å². The fourth-order valence-electron chi connectivity index (χ4n) is 1.11. The van der Waals surface area contributed by atoms with E-state index < -0.39 is 0 Å². The van der Waals surface area contributed by atoms with E-state index in [1.165, 1.54) is 0 Å². The fraction of sp³-hybridized carbons (Fsp3) is 0.556. The van der Waals surface area contributed by atoms with Crippen molar-refractivity contribution < 1.29 is 4.42 Å². The Morgan fingerprint density at radius 3 is 2.46 bits per heavy atom. The van der Waals surface area contributed by atoms with E-state index in [0.29, 0.717) is 6.54 Å². The first-order chi connectivity index (χ1) is 5.65. The van der Waals surface area contributed by atoms with Crippen molar-refractivity contribution in [2.75, 3.05) is 6.54 Å². The van der Waals surface area contributed by atoms with Gasteiger partial charge in [0.2, 0.25) is 0 Å². The maximum Gasteiger partial charge on any atom is 0.121 e. The van der Waals surface area contributed by atoms with Gasteiger partial charge in [0.1, 0.15) is 11.5 Å². The Balaban J connectivity index is 0.00000144. The molecule has 0 aliphatic rings. The average molecular weight is 205 g/mol. The highest BCUT2D eigenvalue weighted by molar-refractivity contribution is 5.85. The molecule has 1 aromatic heterocycles. The van der Waals surface area contributed by atoms with Crippen LogP contribution in [0, 0.1) is 13.8 Å². The monoisotopic (exact) mass is 204 g/mol. The van der Waals surface area contributed by atoms with Crippen LogP contribution in [-0.4, -0.2) is 6.54 Å². The SMILES string of the molecule is Cc1cc([C@@H](N)CCN)oc1C.Cl. The van der Waals surface area contributed by atoms with Gasteiger partial charge in [-0.25, -0.2) is 0 Å². The summed E-state index contributed by atoms with van der Waals surface area (Å²) in [4.78, 5) is 0. The average Bonchev–Trinajstić information content (AvgIpc) is 2.33. The fourth-order valence-corrected chi connectivity index (χ4v) is 1.11. The van der Waals surface area contributed by atoms with Gasteiger partial charge in [0.05, 0.1) is 6.04 Å². The lowest BCUT2D eigenvalue weighted by atomic mass is 10.1. The molecule has 0 aliphatic heterocycles.